The molecule has 1 heterocycles. The zero-order chi connectivity index (χ0) is 10.7. The summed E-state index contributed by atoms with van der Waals surface area (Å²) in [6, 6.07) is 0. The lowest BCUT2D eigenvalue weighted by Gasteiger charge is -2.31. The number of aliphatic hydroxyl groups is 1. The molecule has 1 aliphatic rings. The monoisotopic (exact) mass is 226 g/mol. The smallest absolute Gasteiger partial charge is 0.150 e. The van der Waals surface area contributed by atoms with Crippen LogP contribution in [-0.4, -0.2) is 20.7 Å². The van der Waals surface area contributed by atoms with Crippen molar-refractivity contribution in [3.05, 3.63) is 23.2 Å². The summed E-state index contributed by atoms with van der Waals surface area (Å²) >= 11 is 5.92. The fraction of sp³-hybridized carbons (Fsp3) is 0.636. The Kier molecular flexibility index (Phi) is 3.22. The Hall–Kier alpha value is -0.670. The third-order valence-electron chi connectivity index (χ3n) is 3.00. The number of hydrogen-bond acceptors (Lipinski definition) is 3. The van der Waals surface area contributed by atoms with Crippen LogP contribution in [0.25, 0.3) is 0 Å². The topological polar surface area (TPSA) is 46.0 Å². The molecule has 1 aromatic rings. The van der Waals surface area contributed by atoms with Gasteiger partial charge in [0.15, 0.2) is 5.15 Å². The number of rotatable bonds is 2. The molecule has 0 aromatic carbocycles. The second-order valence-electron chi connectivity index (χ2n) is 4.26. The number of hydrogen-bond donors (Lipinski definition) is 1. The van der Waals surface area contributed by atoms with Crippen molar-refractivity contribution < 1.29 is 5.11 Å². The van der Waals surface area contributed by atoms with E-state index in [1.165, 1.54) is 6.42 Å². The zero-order valence-electron chi connectivity index (χ0n) is 8.62. The van der Waals surface area contributed by atoms with Crippen molar-refractivity contribution in [2.45, 2.75) is 44.1 Å². The van der Waals surface area contributed by atoms with Crippen LogP contribution in [0, 0.1) is 0 Å². The Balaban J connectivity index is 2.10. The van der Waals surface area contributed by atoms with Gasteiger partial charge in [0, 0.05) is 18.8 Å². The van der Waals surface area contributed by atoms with Crippen LogP contribution in [0.5, 0.6) is 0 Å². The van der Waals surface area contributed by atoms with E-state index in [1.54, 1.807) is 12.4 Å². The molecule has 1 fully saturated rings. The summed E-state index contributed by atoms with van der Waals surface area (Å²) in [6.07, 6.45) is 8.81. The van der Waals surface area contributed by atoms with Crippen LogP contribution in [0.4, 0.5) is 0 Å². The van der Waals surface area contributed by atoms with Crippen molar-refractivity contribution in [2.75, 3.05) is 0 Å². The zero-order valence-corrected chi connectivity index (χ0v) is 9.37. The van der Waals surface area contributed by atoms with Crippen molar-refractivity contribution in [2.24, 2.45) is 0 Å². The van der Waals surface area contributed by atoms with Gasteiger partial charge in [-0.25, -0.2) is 4.98 Å². The molecule has 1 aromatic heterocycles. The molecule has 0 unspecified atom stereocenters. The molecule has 0 aliphatic heterocycles. The van der Waals surface area contributed by atoms with Gasteiger partial charge in [0.2, 0.25) is 0 Å². The van der Waals surface area contributed by atoms with Crippen molar-refractivity contribution in [3.63, 3.8) is 0 Å². The van der Waals surface area contributed by atoms with E-state index in [4.69, 9.17) is 11.6 Å². The second kappa shape index (κ2) is 4.45. The Labute approximate surface area is 94.5 Å². The maximum atomic E-state index is 10.3. The fourth-order valence-corrected chi connectivity index (χ4v) is 2.34. The minimum absolute atomic E-state index is 0.413. The molecule has 0 spiro atoms. The predicted molar refractivity (Wildman–Crippen MR) is 58.8 cm³/mol. The summed E-state index contributed by atoms with van der Waals surface area (Å²) in [5, 5.41) is 10.7. The maximum Gasteiger partial charge on any atom is 0.150 e. The van der Waals surface area contributed by atoms with Crippen LogP contribution < -0.4 is 0 Å². The molecule has 0 saturated heterocycles. The summed E-state index contributed by atoms with van der Waals surface area (Å²) in [5.41, 5.74) is 0.0985. The van der Waals surface area contributed by atoms with Crippen LogP contribution in [0.1, 0.15) is 37.8 Å². The molecule has 1 saturated carbocycles. The van der Waals surface area contributed by atoms with Crippen LogP contribution in [0.3, 0.4) is 0 Å². The average molecular weight is 227 g/mol. The molecule has 0 radical (unpaired) electrons. The highest BCUT2D eigenvalue weighted by atomic mass is 35.5. The number of aromatic nitrogens is 2. The summed E-state index contributed by atoms with van der Waals surface area (Å²) in [5.74, 6) is 0. The minimum Gasteiger partial charge on any atom is -0.389 e. The first kappa shape index (κ1) is 10.8. The highest BCUT2D eigenvalue weighted by molar-refractivity contribution is 6.29. The second-order valence-corrected chi connectivity index (χ2v) is 4.61. The molecule has 1 aliphatic carbocycles. The standard InChI is InChI=1S/C11H15ClN2O/c12-10-9(13-6-7-14-10)8-11(15)4-2-1-3-5-11/h6-7,15H,1-5,8H2. The van der Waals surface area contributed by atoms with Gasteiger partial charge in [-0.3, -0.25) is 4.98 Å². The summed E-state index contributed by atoms with van der Waals surface area (Å²) in [6.45, 7) is 0. The van der Waals surface area contributed by atoms with Gasteiger partial charge in [-0.15, -0.1) is 0 Å². The molecule has 0 bridgehead atoms. The van der Waals surface area contributed by atoms with Crippen molar-refractivity contribution in [3.8, 4) is 0 Å². The first-order valence-electron chi connectivity index (χ1n) is 5.37. The molecule has 2 rings (SSSR count). The van der Waals surface area contributed by atoms with E-state index in [1.807, 2.05) is 0 Å². The molecular formula is C11H15ClN2O. The summed E-state index contributed by atoms with van der Waals surface area (Å²) in [4.78, 5) is 8.13. The maximum absolute atomic E-state index is 10.3. The fourth-order valence-electron chi connectivity index (χ4n) is 2.17. The van der Waals surface area contributed by atoms with E-state index in [2.05, 4.69) is 9.97 Å². The Morgan fingerprint density at radius 1 is 1.20 bits per heavy atom. The van der Waals surface area contributed by atoms with Gasteiger partial charge >= 0.3 is 0 Å². The first-order valence-corrected chi connectivity index (χ1v) is 5.75. The van der Waals surface area contributed by atoms with E-state index in [-0.39, 0.29) is 0 Å². The predicted octanol–water partition coefficient (Wildman–Crippen LogP) is 2.37. The third kappa shape index (κ3) is 2.67. The molecule has 4 heteroatoms. The number of halogens is 1. The normalized spacial score (nSPS) is 20.1. The van der Waals surface area contributed by atoms with Crippen LogP contribution in [-0.2, 0) is 6.42 Å². The first-order chi connectivity index (χ1) is 7.20. The molecule has 3 nitrogen and oxygen atoms in total. The lowest BCUT2D eigenvalue weighted by Crippen LogP contribution is -2.34. The van der Waals surface area contributed by atoms with Gasteiger partial charge < -0.3 is 5.11 Å². The van der Waals surface area contributed by atoms with Crippen LogP contribution in [0.15, 0.2) is 12.4 Å². The summed E-state index contributed by atoms with van der Waals surface area (Å²) in [7, 11) is 0. The van der Waals surface area contributed by atoms with Crippen molar-refractivity contribution in [1.29, 1.82) is 0 Å². The van der Waals surface area contributed by atoms with Crippen LogP contribution >= 0.6 is 11.6 Å². The molecular weight excluding hydrogens is 212 g/mol. The molecule has 1 N–H and O–H groups in total. The van der Waals surface area contributed by atoms with E-state index < -0.39 is 5.60 Å². The van der Waals surface area contributed by atoms with Gasteiger partial charge in [0.25, 0.3) is 0 Å². The molecule has 0 amide bonds. The molecule has 0 atom stereocenters. The van der Waals surface area contributed by atoms with Crippen LogP contribution in [0.2, 0.25) is 5.15 Å². The van der Waals surface area contributed by atoms with E-state index in [0.717, 1.165) is 25.7 Å². The molecule has 82 valence electrons. The van der Waals surface area contributed by atoms with Crippen molar-refractivity contribution >= 4 is 11.6 Å². The van der Waals surface area contributed by atoms with Gasteiger partial charge in [0.1, 0.15) is 0 Å². The Morgan fingerprint density at radius 3 is 2.53 bits per heavy atom. The molecule has 15 heavy (non-hydrogen) atoms. The number of nitrogens with zero attached hydrogens (tertiary/aromatic N) is 2. The Morgan fingerprint density at radius 2 is 1.87 bits per heavy atom. The highest BCUT2D eigenvalue weighted by Gasteiger charge is 2.30. The lowest BCUT2D eigenvalue weighted by atomic mass is 9.82. The van der Waals surface area contributed by atoms with E-state index >= 15 is 0 Å². The van der Waals surface area contributed by atoms with Gasteiger partial charge in [-0.05, 0) is 12.8 Å². The largest absolute Gasteiger partial charge is 0.389 e. The van der Waals surface area contributed by atoms with Gasteiger partial charge in [0.05, 0.1) is 11.3 Å². The van der Waals surface area contributed by atoms with E-state index in [0.29, 0.717) is 17.3 Å². The summed E-state index contributed by atoms with van der Waals surface area (Å²) < 4.78 is 0. The highest BCUT2D eigenvalue weighted by Crippen LogP contribution is 2.31. The SMILES string of the molecule is OC1(Cc2nccnc2Cl)CCCCC1. The van der Waals surface area contributed by atoms with Gasteiger partial charge in [-0.1, -0.05) is 30.9 Å². The van der Waals surface area contributed by atoms with Crippen molar-refractivity contribution in [1.82, 2.24) is 9.97 Å². The van der Waals surface area contributed by atoms with Gasteiger partial charge in [-0.2, -0.15) is 0 Å². The lowest BCUT2D eigenvalue weighted by molar-refractivity contribution is 0.00361. The third-order valence-corrected chi connectivity index (χ3v) is 3.32. The minimum atomic E-state index is -0.613. The van der Waals surface area contributed by atoms with E-state index in [9.17, 15) is 5.11 Å². The quantitative estimate of drug-likeness (QED) is 0.842. The average Bonchev–Trinajstić information content (AvgIpc) is 2.22. The Bertz CT molecular complexity index is 337.